The summed E-state index contributed by atoms with van der Waals surface area (Å²) in [4.78, 5) is 20.1. The van der Waals surface area contributed by atoms with Gasteiger partial charge in [-0.3, -0.25) is 4.79 Å². The van der Waals surface area contributed by atoms with Gasteiger partial charge in [0.1, 0.15) is 9.88 Å². The largest absolute Gasteiger partial charge is 0.335 e. The van der Waals surface area contributed by atoms with Gasteiger partial charge in [-0.15, -0.1) is 11.3 Å². The van der Waals surface area contributed by atoms with Gasteiger partial charge in [-0.25, -0.2) is 4.98 Å². The lowest BCUT2D eigenvalue weighted by Crippen LogP contribution is -2.41. The Kier molecular flexibility index (Phi) is 4.50. The Hall–Kier alpha value is -1.39. The maximum Gasteiger partial charge on any atom is 0.266 e. The quantitative estimate of drug-likeness (QED) is 0.791. The first-order valence-electron chi connectivity index (χ1n) is 7.61. The van der Waals surface area contributed by atoms with E-state index in [1.165, 1.54) is 17.8 Å². The van der Waals surface area contributed by atoms with Crippen LogP contribution in [0.25, 0.3) is 10.6 Å². The molecule has 0 saturated carbocycles. The molecule has 22 heavy (non-hydrogen) atoms. The highest BCUT2D eigenvalue weighted by atomic mass is 35.5. The molecule has 1 aromatic heterocycles. The smallest absolute Gasteiger partial charge is 0.266 e. The lowest BCUT2D eigenvalue weighted by atomic mass is 10.0. The van der Waals surface area contributed by atoms with Crippen LogP contribution in [0.5, 0.6) is 0 Å². The van der Waals surface area contributed by atoms with Crippen LogP contribution >= 0.6 is 22.9 Å². The summed E-state index contributed by atoms with van der Waals surface area (Å²) in [5.74, 6) is 0.112. The molecule has 1 unspecified atom stereocenters. The molecule has 0 spiro atoms. The van der Waals surface area contributed by atoms with Crippen molar-refractivity contribution in [1.82, 2.24) is 9.88 Å². The van der Waals surface area contributed by atoms with Crippen LogP contribution in [0.1, 0.15) is 41.6 Å². The highest BCUT2D eigenvalue weighted by Gasteiger charge is 2.27. The number of piperidine rings is 1. The van der Waals surface area contributed by atoms with Crippen LogP contribution in [0, 0.1) is 6.92 Å². The topological polar surface area (TPSA) is 33.2 Å². The van der Waals surface area contributed by atoms with Crippen molar-refractivity contribution in [3.05, 3.63) is 39.9 Å². The van der Waals surface area contributed by atoms with Crippen LogP contribution in [-0.2, 0) is 0 Å². The van der Waals surface area contributed by atoms with Crippen molar-refractivity contribution >= 4 is 28.8 Å². The molecule has 1 aromatic carbocycles. The summed E-state index contributed by atoms with van der Waals surface area (Å²) in [5, 5.41) is 1.48. The van der Waals surface area contributed by atoms with Gasteiger partial charge < -0.3 is 4.90 Å². The molecular weight excluding hydrogens is 316 g/mol. The SMILES string of the molecule is Cc1nc(-c2ccccc2Cl)sc1C(=O)N1CCCCC1C. The fourth-order valence-electron chi connectivity index (χ4n) is 2.87. The van der Waals surface area contributed by atoms with Gasteiger partial charge in [0.15, 0.2) is 0 Å². The van der Waals surface area contributed by atoms with Crippen molar-refractivity contribution in [2.45, 2.75) is 39.2 Å². The van der Waals surface area contributed by atoms with E-state index in [-0.39, 0.29) is 5.91 Å². The Morgan fingerprint density at radius 1 is 1.36 bits per heavy atom. The van der Waals surface area contributed by atoms with Gasteiger partial charge in [-0.05, 0) is 39.2 Å². The summed E-state index contributed by atoms with van der Waals surface area (Å²) >= 11 is 7.69. The standard InChI is InChI=1S/C17H19ClN2OS/c1-11-7-5-6-10-20(11)17(21)15-12(2)19-16(22-15)13-8-3-4-9-14(13)18/h3-4,8-9,11H,5-7,10H2,1-2H3. The van der Waals surface area contributed by atoms with Gasteiger partial charge in [0.25, 0.3) is 5.91 Å². The molecule has 1 aliphatic rings. The fraction of sp³-hybridized carbons (Fsp3) is 0.412. The molecule has 0 radical (unpaired) electrons. The maximum atomic E-state index is 12.8. The third-order valence-electron chi connectivity index (χ3n) is 4.16. The van der Waals surface area contributed by atoms with E-state index in [0.29, 0.717) is 11.1 Å². The Balaban J connectivity index is 1.92. The summed E-state index contributed by atoms with van der Waals surface area (Å²) in [7, 11) is 0. The Labute approximate surface area is 139 Å². The lowest BCUT2D eigenvalue weighted by molar-refractivity contribution is 0.0639. The van der Waals surface area contributed by atoms with Gasteiger partial charge in [0.2, 0.25) is 0 Å². The van der Waals surface area contributed by atoms with Crippen molar-refractivity contribution < 1.29 is 4.79 Å². The van der Waals surface area contributed by atoms with E-state index < -0.39 is 0 Å². The molecule has 1 atom stereocenters. The monoisotopic (exact) mass is 334 g/mol. The third kappa shape index (κ3) is 2.90. The molecule has 0 N–H and O–H groups in total. The minimum absolute atomic E-state index is 0.112. The highest BCUT2D eigenvalue weighted by Crippen LogP contribution is 2.34. The van der Waals surface area contributed by atoms with E-state index in [0.717, 1.165) is 40.5 Å². The summed E-state index contributed by atoms with van der Waals surface area (Å²) in [5.41, 5.74) is 1.69. The van der Waals surface area contributed by atoms with E-state index in [2.05, 4.69) is 11.9 Å². The first kappa shape index (κ1) is 15.5. The van der Waals surface area contributed by atoms with E-state index in [1.54, 1.807) is 0 Å². The number of carbonyl (C=O) groups excluding carboxylic acids is 1. The number of aromatic nitrogens is 1. The molecule has 3 rings (SSSR count). The zero-order valence-electron chi connectivity index (χ0n) is 12.8. The van der Waals surface area contributed by atoms with Gasteiger partial charge in [0.05, 0.1) is 10.7 Å². The number of rotatable bonds is 2. The molecule has 1 saturated heterocycles. The van der Waals surface area contributed by atoms with Gasteiger partial charge >= 0.3 is 0 Å². The number of hydrogen-bond donors (Lipinski definition) is 0. The van der Waals surface area contributed by atoms with Gasteiger partial charge in [-0.1, -0.05) is 29.8 Å². The second-order valence-electron chi connectivity index (χ2n) is 5.76. The molecule has 1 aliphatic heterocycles. The number of benzene rings is 1. The predicted molar refractivity (Wildman–Crippen MR) is 91.6 cm³/mol. The van der Waals surface area contributed by atoms with E-state index in [9.17, 15) is 4.79 Å². The number of thiazole rings is 1. The third-order valence-corrected chi connectivity index (χ3v) is 5.67. The number of carbonyl (C=O) groups is 1. The molecule has 2 aromatic rings. The molecule has 1 fully saturated rings. The molecule has 5 heteroatoms. The van der Waals surface area contributed by atoms with Crippen molar-refractivity contribution in [2.24, 2.45) is 0 Å². The first-order valence-corrected chi connectivity index (χ1v) is 8.80. The lowest BCUT2D eigenvalue weighted by Gasteiger charge is -2.33. The average molecular weight is 335 g/mol. The van der Waals surface area contributed by atoms with Gasteiger partial charge in [0, 0.05) is 18.2 Å². The predicted octanol–water partition coefficient (Wildman–Crippen LogP) is 4.79. The van der Waals surface area contributed by atoms with Crippen molar-refractivity contribution in [2.75, 3.05) is 6.54 Å². The molecule has 3 nitrogen and oxygen atoms in total. The minimum Gasteiger partial charge on any atom is -0.335 e. The second-order valence-corrected chi connectivity index (χ2v) is 7.16. The summed E-state index contributed by atoms with van der Waals surface area (Å²) in [6.45, 7) is 4.87. The molecule has 116 valence electrons. The first-order chi connectivity index (χ1) is 10.6. The Morgan fingerprint density at radius 3 is 2.86 bits per heavy atom. The number of aryl methyl sites for hydroxylation is 1. The van der Waals surface area contributed by atoms with E-state index in [4.69, 9.17) is 11.6 Å². The molecule has 0 bridgehead atoms. The molecule has 1 amide bonds. The molecule has 0 aliphatic carbocycles. The molecular formula is C17H19ClN2OS. The van der Waals surface area contributed by atoms with Crippen LogP contribution in [0.15, 0.2) is 24.3 Å². The number of amides is 1. The normalized spacial score (nSPS) is 18.5. The zero-order chi connectivity index (χ0) is 15.7. The van der Waals surface area contributed by atoms with Crippen molar-refractivity contribution in [1.29, 1.82) is 0 Å². The van der Waals surface area contributed by atoms with Crippen LogP contribution in [-0.4, -0.2) is 28.4 Å². The maximum absolute atomic E-state index is 12.8. The number of halogens is 1. The van der Waals surface area contributed by atoms with Crippen LogP contribution in [0.2, 0.25) is 5.02 Å². The van der Waals surface area contributed by atoms with E-state index in [1.807, 2.05) is 36.1 Å². The van der Waals surface area contributed by atoms with Crippen LogP contribution in [0.3, 0.4) is 0 Å². The minimum atomic E-state index is 0.112. The zero-order valence-corrected chi connectivity index (χ0v) is 14.4. The van der Waals surface area contributed by atoms with Gasteiger partial charge in [-0.2, -0.15) is 0 Å². The van der Waals surface area contributed by atoms with Crippen LogP contribution < -0.4 is 0 Å². The van der Waals surface area contributed by atoms with E-state index >= 15 is 0 Å². The Morgan fingerprint density at radius 2 is 2.14 bits per heavy atom. The number of hydrogen-bond acceptors (Lipinski definition) is 3. The number of likely N-dealkylation sites (tertiary alicyclic amines) is 1. The Bertz CT molecular complexity index is 698. The average Bonchev–Trinajstić information content (AvgIpc) is 2.89. The summed E-state index contributed by atoms with van der Waals surface area (Å²) in [6.07, 6.45) is 3.38. The summed E-state index contributed by atoms with van der Waals surface area (Å²) < 4.78 is 0. The molecule has 2 heterocycles. The number of nitrogens with zero attached hydrogens (tertiary/aromatic N) is 2. The fourth-order valence-corrected chi connectivity index (χ4v) is 4.22. The highest BCUT2D eigenvalue weighted by molar-refractivity contribution is 7.17. The van der Waals surface area contributed by atoms with Crippen molar-refractivity contribution in [3.8, 4) is 10.6 Å². The van der Waals surface area contributed by atoms with Crippen LogP contribution in [0.4, 0.5) is 0 Å². The summed E-state index contributed by atoms with van der Waals surface area (Å²) in [6, 6.07) is 7.94. The van der Waals surface area contributed by atoms with Crippen molar-refractivity contribution in [3.63, 3.8) is 0 Å². The second kappa shape index (κ2) is 6.39.